The van der Waals surface area contributed by atoms with Gasteiger partial charge in [0.2, 0.25) is 5.91 Å². The van der Waals surface area contributed by atoms with Crippen LogP contribution in [-0.4, -0.2) is 23.5 Å². The molecule has 1 amide bonds. The minimum absolute atomic E-state index is 0.00287. The van der Waals surface area contributed by atoms with Crippen molar-refractivity contribution in [3.8, 4) is 0 Å². The summed E-state index contributed by atoms with van der Waals surface area (Å²) >= 11 is 0. The molecule has 20 heavy (non-hydrogen) atoms. The third-order valence-corrected chi connectivity index (χ3v) is 4.94. The number of aliphatic carboxylic acids is 1. The molecular formula is C16H29NO3. The molecule has 0 aromatic heterocycles. The standard InChI is InChI=1S/C16H29NO3/c1-3-16(4-2,15(19)20)12-17-14(18)11-10-13-8-6-5-7-9-13/h13H,3-12H2,1-2H3,(H,17,18)(H,19,20). The van der Waals surface area contributed by atoms with Gasteiger partial charge in [-0.25, -0.2) is 0 Å². The van der Waals surface area contributed by atoms with Crippen LogP contribution in [0.15, 0.2) is 0 Å². The van der Waals surface area contributed by atoms with Crippen molar-refractivity contribution >= 4 is 11.9 Å². The van der Waals surface area contributed by atoms with Gasteiger partial charge in [-0.15, -0.1) is 0 Å². The minimum Gasteiger partial charge on any atom is -0.481 e. The molecule has 1 saturated carbocycles. The first-order valence-electron chi connectivity index (χ1n) is 8.04. The number of carbonyl (C=O) groups excluding carboxylic acids is 1. The second kappa shape index (κ2) is 8.28. The van der Waals surface area contributed by atoms with Gasteiger partial charge in [-0.1, -0.05) is 46.0 Å². The van der Waals surface area contributed by atoms with Crippen LogP contribution in [-0.2, 0) is 9.59 Å². The number of carboxylic acid groups (broad SMARTS) is 1. The van der Waals surface area contributed by atoms with E-state index in [1.807, 2.05) is 13.8 Å². The van der Waals surface area contributed by atoms with E-state index in [1.165, 1.54) is 32.1 Å². The predicted molar refractivity (Wildman–Crippen MR) is 79.5 cm³/mol. The van der Waals surface area contributed by atoms with E-state index in [-0.39, 0.29) is 12.5 Å². The molecule has 0 heterocycles. The average molecular weight is 283 g/mol. The highest BCUT2D eigenvalue weighted by molar-refractivity contribution is 5.79. The number of amides is 1. The van der Waals surface area contributed by atoms with Gasteiger partial charge in [-0.05, 0) is 25.2 Å². The zero-order valence-electron chi connectivity index (χ0n) is 12.9. The Hall–Kier alpha value is -1.06. The summed E-state index contributed by atoms with van der Waals surface area (Å²) in [5, 5.41) is 12.1. The first-order chi connectivity index (χ1) is 9.54. The maximum absolute atomic E-state index is 11.9. The summed E-state index contributed by atoms with van der Waals surface area (Å²) < 4.78 is 0. The normalized spacial score (nSPS) is 16.9. The molecule has 1 fully saturated rings. The highest BCUT2D eigenvalue weighted by Gasteiger charge is 2.35. The predicted octanol–water partition coefficient (Wildman–Crippen LogP) is 3.35. The molecule has 4 nitrogen and oxygen atoms in total. The van der Waals surface area contributed by atoms with Gasteiger partial charge in [0.25, 0.3) is 0 Å². The minimum atomic E-state index is -0.810. The lowest BCUT2D eigenvalue weighted by Gasteiger charge is -2.27. The van der Waals surface area contributed by atoms with Crippen molar-refractivity contribution in [3.05, 3.63) is 0 Å². The lowest BCUT2D eigenvalue weighted by Crippen LogP contribution is -2.42. The quantitative estimate of drug-likeness (QED) is 0.718. The van der Waals surface area contributed by atoms with E-state index in [0.29, 0.717) is 25.2 Å². The molecule has 0 radical (unpaired) electrons. The molecular weight excluding hydrogens is 254 g/mol. The molecule has 2 N–H and O–H groups in total. The zero-order valence-corrected chi connectivity index (χ0v) is 12.9. The first kappa shape index (κ1) is 17.0. The van der Waals surface area contributed by atoms with Crippen molar-refractivity contribution in [3.63, 3.8) is 0 Å². The fraction of sp³-hybridized carbons (Fsp3) is 0.875. The van der Waals surface area contributed by atoms with Crippen LogP contribution >= 0.6 is 0 Å². The summed E-state index contributed by atoms with van der Waals surface area (Å²) in [6, 6.07) is 0. The molecule has 0 bridgehead atoms. The number of nitrogens with one attached hydrogen (secondary N) is 1. The molecule has 1 rings (SSSR count). The van der Waals surface area contributed by atoms with Crippen LogP contribution in [0.1, 0.15) is 71.6 Å². The van der Waals surface area contributed by atoms with Gasteiger partial charge in [-0.2, -0.15) is 0 Å². The summed E-state index contributed by atoms with van der Waals surface area (Å²) in [7, 11) is 0. The van der Waals surface area contributed by atoms with Crippen LogP contribution in [0, 0.1) is 11.3 Å². The van der Waals surface area contributed by atoms with Gasteiger partial charge in [0.05, 0.1) is 5.41 Å². The molecule has 0 aliphatic heterocycles. The topological polar surface area (TPSA) is 66.4 Å². The molecule has 0 unspecified atom stereocenters. The Morgan fingerprint density at radius 1 is 1.15 bits per heavy atom. The van der Waals surface area contributed by atoms with Crippen molar-refractivity contribution in [1.82, 2.24) is 5.32 Å². The van der Waals surface area contributed by atoms with Crippen LogP contribution in [0.4, 0.5) is 0 Å². The van der Waals surface area contributed by atoms with E-state index in [2.05, 4.69) is 5.32 Å². The van der Waals surface area contributed by atoms with Crippen molar-refractivity contribution in [2.24, 2.45) is 11.3 Å². The van der Waals surface area contributed by atoms with E-state index in [9.17, 15) is 14.7 Å². The van der Waals surface area contributed by atoms with Crippen LogP contribution in [0.5, 0.6) is 0 Å². The zero-order chi connectivity index (χ0) is 15.0. The van der Waals surface area contributed by atoms with E-state index in [0.717, 1.165) is 6.42 Å². The van der Waals surface area contributed by atoms with Crippen LogP contribution < -0.4 is 5.32 Å². The third kappa shape index (κ3) is 4.80. The Morgan fingerprint density at radius 2 is 1.75 bits per heavy atom. The van der Waals surface area contributed by atoms with Gasteiger partial charge in [0.1, 0.15) is 0 Å². The fourth-order valence-corrected chi connectivity index (χ4v) is 3.05. The Kier molecular flexibility index (Phi) is 7.03. The van der Waals surface area contributed by atoms with Crippen LogP contribution in [0.2, 0.25) is 0 Å². The summed E-state index contributed by atoms with van der Waals surface area (Å²) in [4.78, 5) is 23.2. The number of carbonyl (C=O) groups is 2. The molecule has 1 aliphatic carbocycles. The molecule has 4 heteroatoms. The molecule has 0 atom stereocenters. The molecule has 0 saturated heterocycles. The van der Waals surface area contributed by atoms with Gasteiger partial charge in [0, 0.05) is 13.0 Å². The van der Waals surface area contributed by atoms with Crippen molar-refractivity contribution in [1.29, 1.82) is 0 Å². The number of hydrogen-bond acceptors (Lipinski definition) is 2. The SMILES string of the molecule is CCC(CC)(CNC(=O)CCC1CCCCC1)C(=O)O. The molecule has 0 aromatic carbocycles. The van der Waals surface area contributed by atoms with E-state index in [1.54, 1.807) is 0 Å². The first-order valence-corrected chi connectivity index (χ1v) is 8.04. The van der Waals surface area contributed by atoms with Gasteiger partial charge >= 0.3 is 5.97 Å². The summed E-state index contributed by atoms with van der Waals surface area (Å²) in [6.45, 7) is 3.98. The number of hydrogen-bond donors (Lipinski definition) is 2. The highest BCUT2D eigenvalue weighted by Crippen LogP contribution is 2.28. The van der Waals surface area contributed by atoms with Gasteiger partial charge in [-0.3, -0.25) is 9.59 Å². The van der Waals surface area contributed by atoms with Crippen LogP contribution in [0.25, 0.3) is 0 Å². The van der Waals surface area contributed by atoms with E-state index in [4.69, 9.17) is 0 Å². The van der Waals surface area contributed by atoms with Crippen molar-refractivity contribution in [2.45, 2.75) is 71.6 Å². The Balaban J connectivity index is 2.32. The van der Waals surface area contributed by atoms with E-state index >= 15 is 0 Å². The number of rotatable bonds is 8. The highest BCUT2D eigenvalue weighted by atomic mass is 16.4. The lowest BCUT2D eigenvalue weighted by atomic mass is 9.82. The van der Waals surface area contributed by atoms with Crippen molar-refractivity contribution in [2.75, 3.05) is 6.54 Å². The monoisotopic (exact) mass is 283 g/mol. The Morgan fingerprint density at radius 3 is 2.25 bits per heavy atom. The third-order valence-electron chi connectivity index (χ3n) is 4.94. The van der Waals surface area contributed by atoms with Gasteiger partial charge in [0.15, 0.2) is 0 Å². The summed E-state index contributed by atoms with van der Waals surface area (Å²) in [5.74, 6) is -0.116. The number of carboxylic acids is 1. The second-order valence-corrected chi connectivity index (χ2v) is 6.11. The van der Waals surface area contributed by atoms with E-state index < -0.39 is 11.4 Å². The Bertz CT molecular complexity index is 318. The van der Waals surface area contributed by atoms with Gasteiger partial charge < -0.3 is 10.4 Å². The van der Waals surface area contributed by atoms with Crippen LogP contribution in [0.3, 0.4) is 0 Å². The maximum atomic E-state index is 11.9. The largest absolute Gasteiger partial charge is 0.481 e. The molecule has 1 aliphatic rings. The maximum Gasteiger partial charge on any atom is 0.311 e. The fourth-order valence-electron chi connectivity index (χ4n) is 3.05. The summed E-state index contributed by atoms with van der Waals surface area (Å²) in [6.07, 6.45) is 8.98. The Labute approximate surface area is 122 Å². The molecule has 0 spiro atoms. The lowest BCUT2D eigenvalue weighted by molar-refractivity contribution is -0.149. The molecule has 0 aromatic rings. The smallest absolute Gasteiger partial charge is 0.311 e. The second-order valence-electron chi connectivity index (χ2n) is 6.11. The van der Waals surface area contributed by atoms with Crippen molar-refractivity contribution < 1.29 is 14.7 Å². The molecule has 116 valence electrons. The summed E-state index contributed by atoms with van der Waals surface area (Å²) in [5.41, 5.74) is -0.805. The average Bonchev–Trinajstić information content (AvgIpc) is 2.47.